The van der Waals surface area contributed by atoms with Crippen molar-refractivity contribution >= 4 is 17.5 Å². The van der Waals surface area contributed by atoms with Crippen LogP contribution in [0, 0.1) is 6.92 Å². The van der Waals surface area contributed by atoms with Gasteiger partial charge in [0.2, 0.25) is 5.91 Å². The van der Waals surface area contributed by atoms with E-state index < -0.39 is 0 Å². The summed E-state index contributed by atoms with van der Waals surface area (Å²) in [6, 6.07) is 14.3. The fourth-order valence-electron chi connectivity index (χ4n) is 4.04. The van der Waals surface area contributed by atoms with Gasteiger partial charge in [-0.2, -0.15) is 0 Å². The van der Waals surface area contributed by atoms with Gasteiger partial charge in [0.25, 0.3) is 5.91 Å². The van der Waals surface area contributed by atoms with E-state index in [1.165, 1.54) is 16.7 Å². The molecule has 0 radical (unpaired) electrons. The number of ether oxygens (including phenoxy) is 1. The summed E-state index contributed by atoms with van der Waals surface area (Å²) in [6.45, 7) is 4.05. The molecule has 2 aliphatic heterocycles. The van der Waals surface area contributed by atoms with Crippen LogP contribution in [0.1, 0.15) is 41.5 Å². The predicted octanol–water partition coefficient (Wildman–Crippen LogP) is 3.63. The van der Waals surface area contributed by atoms with Crippen molar-refractivity contribution < 1.29 is 14.3 Å². The van der Waals surface area contributed by atoms with E-state index >= 15 is 0 Å². The molecular weight excluding hydrogens is 364 g/mol. The monoisotopic (exact) mass is 392 g/mol. The lowest BCUT2D eigenvalue weighted by molar-refractivity contribution is -0.141. The van der Waals surface area contributed by atoms with Crippen molar-refractivity contribution in [3.8, 4) is 0 Å². The van der Waals surface area contributed by atoms with Crippen molar-refractivity contribution in [2.45, 2.75) is 51.7 Å². The molecule has 2 amide bonds. The van der Waals surface area contributed by atoms with E-state index in [2.05, 4.69) is 42.6 Å². The molecule has 1 N–H and O–H groups in total. The standard InChI is InChI=1S/C24H28N2O3/c1-17-4-6-18(7-5-17)8-11-23(27)25-21-10-9-19-12-13-26(16-20(19)15-21)24(28)22-3-2-14-29-22/h4-7,9-10,15,22H,2-3,8,11-14,16H2,1H3,(H,25,27)/t22-/m0/s1. The highest BCUT2D eigenvalue weighted by atomic mass is 16.5. The first kappa shape index (κ1) is 19.6. The number of anilines is 1. The number of fused-ring (bicyclic) bond motifs is 1. The second kappa shape index (κ2) is 8.78. The molecule has 5 heteroatoms. The topological polar surface area (TPSA) is 58.6 Å². The molecule has 0 unspecified atom stereocenters. The number of hydrogen-bond donors (Lipinski definition) is 1. The Kier molecular flexibility index (Phi) is 5.95. The van der Waals surface area contributed by atoms with Crippen LogP contribution in [-0.4, -0.2) is 36.0 Å². The number of hydrogen-bond acceptors (Lipinski definition) is 3. The smallest absolute Gasteiger partial charge is 0.252 e. The molecular formula is C24H28N2O3. The minimum absolute atomic E-state index is 0.00798. The van der Waals surface area contributed by atoms with Crippen molar-refractivity contribution in [1.29, 1.82) is 0 Å². The highest BCUT2D eigenvalue weighted by Gasteiger charge is 2.30. The number of rotatable bonds is 5. The first-order valence-corrected chi connectivity index (χ1v) is 10.5. The molecule has 1 fully saturated rings. The first-order valence-electron chi connectivity index (χ1n) is 10.5. The van der Waals surface area contributed by atoms with Crippen molar-refractivity contribution in [2.24, 2.45) is 0 Å². The largest absolute Gasteiger partial charge is 0.368 e. The summed E-state index contributed by atoms with van der Waals surface area (Å²) >= 11 is 0. The van der Waals surface area contributed by atoms with Crippen LogP contribution in [0.2, 0.25) is 0 Å². The third kappa shape index (κ3) is 4.85. The molecule has 2 aromatic carbocycles. The minimum atomic E-state index is -0.277. The summed E-state index contributed by atoms with van der Waals surface area (Å²) in [5.41, 5.74) is 5.54. The van der Waals surface area contributed by atoms with E-state index in [9.17, 15) is 9.59 Å². The van der Waals surface area contributed by atoms with E-state index in [4.69, 9.17) is 4.74 Å². The summed E-state index contributed by atoms with van der Waals surface area (Å²) in [4.78, 5) is 26.9. The average Bonchev–Trinajstić information content (AvgIpc) is 3.27. The summed E-state index contributed by atoms with van der Waals surface area (Å²) in [5.74, 6) is 0.106. The Morgan fingerprint density at radius 1 is 1.14 bits per heavy atom. The molecule has 0 spiro atoms. The molecule has 4 rings (SSSR count). The van der Waals surface area contributed by atoms with Gasteiger partial charge in [0.1, 0.15) is 6.10 Å². The molecule has 2 aliphatic rings. The molecule has 1 atom stereocenters. The number of carbonyl (C=O) groups excluding carboxylic acids is 2. The Morgan fingerprint density at radius 3 is 2.72 bits per heavy atom. The van der Waals surface area contributed by atoms with Crippen LogP contribution in [-0.2, 0) is 33.7 Å². The predicted molar refractivity (Wildman–Crippen MR) is 113 cm³/mol. The molecule has 0 aliphatic carbocycles. The van der Waals surface area contributed by atoms with Crippen LogP contribution in [0.25, 0.3) is 0 Å². The number of amides is 2. The van der Waals surface area contributed by atoms with Gasteiger partial charge in [0.05, 0.1) is 0 Å². The van der Waals surface area contributed by atoms with E-state index in [1.807, 2.05) is 17.0 Å². The number of carbonyl (C=O) groups is 2. The second-order valence-electron chi connectivity index (χ2n) is 8.03. The van der Waals surface area contributed by atoms with Crippen molar-refractivity contribution in [3.05, 3.63) is 64.7 Å². The quantitative estimate of drug-likeness (QED) is 0.845. The number of benzene rings is 2. The lowest BCUT2D eigenvalue weighted by atomic mass is 9.98. The van der Waals surface area contributed by atoms with Gasteiger partial charge in [-0.1, -0.05) is 35.9 Å². The van der Waals surface area contributed by atoms with Crippen LogP contribution in [0.3, 0.4) is 0 Å². The molecule has 152 valence electrons. The van der Waals surface area contributed by atoms with E-state index in [0.29, 0.717) is 19.6 Å². The van der Waals surface area contributed by atoms with Gasteiger partial charge >= 0.3 is 0 Å². The Balaban J connectivity index is 1.35. The van der Waals surface area contributed by atoms with Gasteiger partial charge in [-0.05, 0) is 61.4 Å². The fraction of sp³-hybridized carbons (Fsp3) is 0.417. The lowest BCUT2D eigenvalue weighted by Crippen LogP contribution is -2.41. The average molecular weight is 392 g/mol. The zero-order valence-corrected chi connectivity index (χ0v) is 16.9. The highest BCUT2D eigenvalue weighted by molar-refractivity contribution is 5.91. The molecule has 1 saturated heterocycles. The Labute approximate surface area is 172 Å². The van der Waals surface area contributed by atoms with E-state index in [-0.39, 0.29) is 17.9 Å². The molecule has 0 bridgehead atoms. The molecule has 2 heterocycles. The maximum Gasteiger partial charge on any atom is 0.252 e. The van der Waals surface area contributed by atoms with Gasteiger partial charge < -0.3 is 15.0 Å². The molecule has 0 aromatic heterocycles. The van der Waals surface area contributed by atoms with Crippen molar-refractivity contribution in [2.75, 3.05) is 18.5 Å². The van der Waals surface area contributed by atoms with Crippen LogP contribution < -0.4 is 5.32 Å². The summed E-state index contributed by atoms with van der Waals surface area (Å²) < 4.78 is 5.55. The Bertz CT molecular complexity index is 885. The normalized spacial score (nSPS) is 18.4. The Morgan fingerprint density at radius 2 is 1.97 bits per heavy atom. The molecule has 0 saturated carbocycles. The lowest BCUT2D eigenvalue weighted by Gasteiger charge is -2.31. The van der Waals surface area contributed by atoms with Gasteiger partial charge in [-0.25, -0.2) is 0 Å². The summed E-state index contributed by atoms with van der Waals surface area (Å²) in [5, 5.41) is 3.01. The van der Waals surface area contributed by atoms with Gasteiger partial charge in [0, 0.05) is 31.8 Å². The summed E-state index contributed by atoms with van der Waals surface area (Å²) in [6.07, 6.45) is 3.51. The molecule has 29 heavy (non-hydrogen) atoms. The zero-order chi connectivity index (χ0) is 20.2. The minimum Gasteiger partial charge on any atom is -0.368 e. The number of nitrogens with one attached hydrogen (secondary N) is 1. The highest BCUT2D eigenvalue weighted by Crippen LogP contribution is 2.25. The van der Waals surface area contributed by atoms with E-state index in [1.54, 1.807) is 0 Å². The second-order valence-corrected chi connectivity index (χ2v) is 8.03. The zero-order valence-electron chi connectivity index (χ0n) is 16.9. The molecule has 5 nitrogen and oxygen atoms in total. The fourth-order valence-corrected chi connectivity index (χ4v) is 4.04. The van der Waals surface area contributed by atoms with Crippen LogP contribution in [0.4, 0.5) is 5.69 Å². The Hall–Kier alpha value is -2.66. The SMILES string of the molecule is Cc1ccc(CCC(=O)Nc2ccc3c(c2)CN(C(=O)[C@@H]2CCCO2)CC3)cc1. The molecule has 2 aromatic rings. The van der Waals surface area contributed by atoms with E-state index in [0.717, 1.165) is 43.5 Å². The summed E-state index contributed by atoms with van der Waals surface area (Å²) in [7, 11) is 0. The van der Waals surface area contributed by atoms with Gasteiger partial charge in [-0.15, -0.1) is 0 Å². The number of aryl methyl sites for hydroxylation is 2. The van der Waals surface area contributed by atoms with Gasteiger partial charge in [-0.3, -0.25) is 9.59 Å². The van der Waals surface area contributed by atoms with Crippen molar-refractivity contribution in [1.82, 2.24) is 4.90 Å². The number of nitrogens with zero attached hydrogens (tertiary/aromatic N) is 1. The van der Waals surface area contributed by atoms with Crippen LogP contribution in [0.5, 0.6) is 0 Å². The third-order valence-corrected chi connectivity index (χ3v) is 5.78. The third-order valence-electron chi connectivity index (χ3n) is 5.78. The van der Waals surface area contributed by atoms with Crippen LogP contribution >= 0.6 is 0 Å². The maximum absolute atomic E-state index is 12.6. The maximum atomic E-state index is 12.6. The van der Waals surface area contributed by atoms with Crippen LogP contribution in [0.15, 0.2) is 42.5 Å². The van der Waals surface area contributed by atoms with Crippen molar-refractivity contribution in [3.63, 3.8) is 0 Å². The van der Waals surface area contributed by atoms with Gasteiger partial charge in [0.15, 0.2) is 0 Å². The first-order chi connectivity index (χ1) is 14.1.